The molecule has 1 heterocycles. The fourth-order valence-electron chi connectivity index (χ4n) is 2.88. The fraction of sp³-hybridized carbons (Fsp3) is 0.136. The summed E-state index contributed by atoms with van der Waals surface area (Å²) in [7, 11) is 0. The van der Waals surface area contributed by atoms with Gasteiger partial charge in [-0.3, -0.25) is 9.59 Å². The lowest BCUT2D eigenvalue weighted by Gasteiger charge is -2.10. The Morgan fingerprint density at radius 3 is 2.07 bits per heavy atom. The zero-order chi connectivity index (χ0) is 20.1. The van der Waals surface area contributed by atoms with E-state index in [1.165, 1.54) is 6.92 Å². The lowest BCUT2D eigenvalue weighted by Crippen LogP contribution is -2.12. The molecule has 0 saturated carbocycles. The van der Waals surface area contributed by atoms with Crippen LogP contribution in [0, 0.1) is 13.8 Å². The van der Waals surface area contributed by atoms with Crippen LogP contribution in [0.2, 0.25) is 0 Å². The highest BCUT2D eigenvalue weighted by atomic mass is 16.2. The maximum Gasteiger partial charge on any atom is 0.255 e. The molecule has 0 saturated heterocycles. The number of rotatable bonds is 5. The second-order valence-corrected chi connectivity index (χ2v) is 6.64. The van der Waals surface area contributed by atoms with Gasteiger partial charge in [0.25, 0.3) is 5.91 Å². The first-order chi connectivity index (χ1) is 13.4. The molecule has 6 nitrogen and oxygen atoms in total. The summed E-state index contributed by atoms with van der Waals surface area (Å²) in [6, 6.07) is 16.5. The molecule has 0 fully saturated rings. The second kappa shape index (κ2) is 8.35. The lowest BCUT2D eigenvalue weighted by molar-refractivity contribution is -0.114. The molecule has 28 heavy (non-hydrogen) atoms. The quantitative estimate of drug-likeness (QED) is 0.607. The van der Waals surface area contributed by atoms with E-state index in [0.717, 1.165) is 22.5 Å². The number of aromatic nitrogens is 1. The van der Waals surface area contributed by atoms with Gasteiger partial charge in [-0.25, -0.2) is 4.98 Å². The highest BCUT2D eigenvalue weighted by Crippen LogP contribution is 2.19. The van der Waals surface area contributed by atoms with Gasteiger partial charge in [0.2, 0.25) is 5.91 Å². The van der Waals surface area contributed by atoms with Crippen molar-refractivity contribution in [2.75, 3.05) is 16.0 Å². The summed E-state index contributed by atoms with van der Waals surface area (Å²) in [5.41, 5.74) is 4.97. The smallest absolute Gasteiger partial charge is 0.255 e. The molecular formula is C22H22N4O2. The average molecular weight is 374 g/mol. The molecule has 0 aliphatic carbocycles. The Bertz CT molecular complexity index is 993. The van der Waals surface area contributed by atoms with Crippen LogP contribution in [0.15, 0.2) is 60.8 Å². The van der Waals surface area contributed by atoms with Gasteiger partial charge in [-0.05, 0) is 73.5 Å². The van der Waals surface area contributed by atoms with Crippen LogP contribution in [-0.4, -0.2) is 16.8 Å². The number of aryl methyl sites for hydroxylation is 2. The van der Waals surface area contributed by atoms with E-state index in [1.807, 2.05) is 38.1 Å². The molecule has 142 valence electrons. The number of hydrogen-bond donors (Lipinski definition) is 3. The Balaban J connectivity index is 1.71. The molecule has 3 aromatic rings. The number of amides is 2. The van der Waals surface area contributed by atoms with Crippen LogP contribution in [0.3, 0.4) is 0 Å². The first-order valence-electron chi connectivity index (χ1n) is 8.89. The minimum absolute atomic E-state index is 0.120. The summed E-state index contributed by atoms with van der Waals surface area (Å²) in [6.45, 7) is 5.45. The van der Waals surface area contributed by atoms with E-state index in [-0.39, 0.29) is 11.8 Å². The molecular weight excluding hydrogens is 352 g/mol. The summed E-state index contributed by atoms with van der Waals surface area (Å²) in [6.07, 6.45) is 1.59. The van der Waals surface area contributed by atoms with Crippen molar-refractivity contribution in [1.29, 1.82) is 0 Å². The minimum Gasteiger partial charge on any atom is -0.340 e. The number of nitrogens with zero attached hydrogens (tertiary/aromatic N) is 1. The minimum atomic E-state index is -0.198. The summed E-state index contributed by atoms with van der Waals surface area (Å²) in [4.78, 5) is 27.9. The summed E-state index contributed by atoms with van der Waals surface area (Å²) >= 11 is 0. The second-order valence-electron chi connectivity index (χ2n) is 6.64. The maximum atomic E-state index is 12.6. The SMILES string of the molecule is CC(=O)Nc1ccc(Nc2cc(C(=O)Nc3cc(C)cc(C)c3)ccn2)cc1. The number of benzene rings is 2. The van der Waals surface area contributed by atoms with Gasteiger partial charge in [-0.15, -0.1) is 0 Å². The lowest BCUT2D eigenvalue weighted by atomic mass is 10.1. The van der Waals surface area contributed by atoms with Gasteiger partial charge < -0.3 is 16.0 Å². The van der Waals surface area contributed by atoms with Crippen LogP contribution >= 0.6 is 0 Å². The van der Waals surface area contributed by atoms with Crippen molar-refractivity contribution in [3.05, 3.63) is 77.5 Å². The van der Waals surface area contributed by atoms with Crippen LogP contribution in [0.25, 0.3) is 0 Å². The predicted octanol–water partition coefficient (Wildman–Crippen LogP) is 4.65. The molecule has 0 bridgehead atoms. The van der Waals surface area contributed by atoms with Gasteiger partial charge in [0.05, 0.1) is 0 Å². The van der Waals surface area contributed by atoms with E-state index in [4.69, 9.17) is 0 Å². The van der Waals surface area contributed by atoms with Crippen LogP contribution < -0.4 is 16.0 Å². The molecule has 0 atom stereocenters. The number of nitrogens with one attached hydrogen (secondary N) is 3. The van der Waals surface area contributed by atoms with Gasteiger partial charge >= 0.3 is 0 Å². The Labute approximate surface area is 164 Å². The molecule has 6 heteroatoms. The monoisotopic (exact) mass is 374 g/mol. The van der Waals surface area contributed by atoms with Crippen LogP contribution in [0.1, 0.15) is 28.4 Å². The predicted molar refractivity (Wildman–Crippen MR) is 112 cm³/mol. The van der Waals surface area contributed by atoms with Gasteiger partial charge in [-0.2, -0.15) is 0 Å². The van der Waals surface area contributed by atoms with Crippen molar-refractivity contribution in [2.45, 2.75) is 20.8 Å². The highest BCUT2D eigenvalue weighted by molar-refractivity contribution is 6.04. The Morgan fingerprint density at radius 1 is 0.786 bits per heavy atom. The molecule has 3 N–H and O–H groups in total. The highest BCUT2D eigenvalue weighted by Gasteiger charge is 2.08. The Hall–Kier alpha value is -3.67. The van der Waals surface area contributed by atoms with Gasteiger partial charge in [0.1, 0.15) is 5.82 Å². The number of pyridine rings is 1. The summed E-state index contributed by atoms with van der Waals surface area (Å²) in [5.74, 6) is 0.238. The first-order valence-corrected chi connectivity index (χ1v) is 8.89. The molecule has 0 spiro atoms. The summed E-state index contributed by atoms with van der Waals surface area (Å²) < 4.78 is 0. The van der Waals surface area contributed by atoms with E-state index < -0.39 is 0 Å². The standard InChI is InChI=1S/C22H22N4O2/c1-14-10-15(2)12-20(11-14)26-22(28)17-8-9-23-21(13-17)25-19-6-4-18(5-7-19)24-16(3)27/h4-13H,1-3H3,(H,23,25)(H,24,27)(H,26,28). The molecule has 0 unspecified atom stereocenters. The van der Waals surface area contributed by atoms with Crippen molar-refractivity contribution < 1.29 is 9.59 Å². The Morgan fingerprint density at radius 2 is 1.43 bits per heavy atom. The molecule has 0 aliphatic heterocycles. The van der Waals surface area contributed by atoms with E-state index in [9.17, 15) is 9.59 Å². The number of carbonyl (C=O) groups is 2. The van der Waals surface area contributed by atoms with Crippen LogP contribution in [-0.2, 0) is 4.79 Å². The summed E-state index contributed by atoms with van der Waals surface area (Å²) in [5, 5.41) is 8.80. The fourth-order valence-corrected chi connectivity index (χ4v) is 2.88. The first kappa shape index (κ1) is 19.1. The average Bonchev–Trinajstić information content (AvgIpc) is 2.62. The van der Waals surface area contributed by atoms with Gasteiger partial charge in [-0.1, -0.05) is 6.07 Å². The topological polar surface area (TPSA) is 83.1 Å². The molecule has 1 aromatic heterocycles. The van der Waals surface area contributed by atoms with E-state index >= 15 is 0 Å². The normalized spacial score (nSPS) is 10.2. The van der Waals surface area contributed by atoms with Crippen molar-refractivity contribution in [1.82, 2.24) is 4.98 Å². The van der Waals surface area contributed by atoms with E-state index in [1.54, 1.807) is 30.5 Å². The third kappa shape index (κ3) is 5.17. The number of hydrogen-bond acceptors (Lipinski definition) is 4. The molecule has 3 rings (SSSR count). The van der Waals surface area contributed by atoms with Crippen molar-refractivity contribution in [2.24, 2.45) is 0 Å². The van der Waals surface area contributed by atoms with Crippen molar-refractivity contribution in [3.8, 4) is 0 Å². The Kier molecular flexibility index (Phi) is 5.69. The zero-order valence-electron chi connectivity index (χ0n) is 16.0. The van der Waals surface area contributed by atoms with Gasteiger partial charge in [0.15, 0.2) is 0 Å². The third-order valence-electron chi connectivity index (χ3n) is 3.98. The van der Waals surface area contributed by atoms with Crippen molar-refractivity contribution in [3.63, 3.8) is 0 Å². The molecule has 2 amide bonds. The van der Waals surface area contributed by atoms with Gasteiger partial charge in [0, 0.05) is 35.7 Å². The van der Waals surface area contributed by atoms with E-state index in [0.29, 0.717) is 17.1 Å². The third-order valence-corrected chi connectivity index (χ3v) is 3.98. The van der Waals surface area contributed by atoms with Crippen LogP contribution in [0.4, 0.5) is 22.9 Å². The van der Waals surface area contributed by atoms with Crippen molar-refractivity contribution >= 4 is 34.7 Å². The van der Waals surface area contributed by atoms with Crippen LogP contribution in [0.5, 0.6) is 0 Å². The van der Waals surface area contributed by atoms with E-state index in [2.05, 4.69) is 27.0 Å². The zero-order valence-corrected chi connectivity index (χ0v) is 16.0. The number of anilines is 4. The molecule has 0 radical (unpaired) electrons. The molecule has 0 aliphatic rings. The number of carbonyl (C=O) groups excluding carboxylic acids is 2. The molecule has 2 aromatic carbocycles. The largest absolute Gasteiger partial charge is 0.340 e. The maximum absolute atomic E-state index is 12.6.